The summed E-state index contributed by atoms with van der Waals surface area (Å²) >= 11 is 0. The largest absolute Gasteiger partial charge is 0.508 e. The Bertz CT molecular complexity index is 2030. The summed E-state index contributed by atoms with van der Waals surface area (Å²) in [5, 5.41) is 10.8. The normalized spacial score (nSPS) is 13.6. The minimum absolute atomic E-state index is 0.0741. The van der Waals surface area contributed by atoms with Crippen LogP contribution in [0.4, 0.5) is 5.69 Å². The van der Waals surface area contributed by atoms with Crippen LogP contribution in [0.5, 0.6) is 5.75 Å². The summed E-state index contributed by atoms with van der Waals surface area (Å²) in [5.74, 6) is 1.35. The number of rotatable bonds is 26. The average Bonchev–Trinajstić information content (AvgIpc) is 3.79. The number of amides is 1. The van der Waals surface area contributed by atoms with Gasteiger partial charge in [-0.05, 0) is 170 Å². The van der Waals surface area contributed by atoms with Gasteiger partial charge in [-0.3, -0.25) is 24.9 Å². The fourth-order valence-electron chi connectivity index (χ4n) is 8.68. The van der Waals surface area contributed by atoms with E-state index in [-0.39, 0.29) is 35.2 Å². The van der Waals surface area contributed by atoms with Gasteiger partial charge in [0.15, 0.2) is 0 Å². The highest BCUT2D eigenvalue weighted by molar-refractivity contribution is 5.74. The minimum Gasteiger partial charge on any atom is -0.508 e. The number of phenolic OH excluding ortho intramolecular Hbond substituents is 1. The first kappa shape index (κ1) is 86.5. The fourth-order valence-corrected chi connectivity index (χ4v) is 8.68. The number of nitrogens with one attached hydrogen (secondary N) is 2. The third kappa shape index (κ3) is 38.5. The van der Waals surface area contributed by atoms with E-state index in [2.05, 4.69) is 153 Å². The molecular formula is C67H120N8O6. The first-order valence-corrected chi connectivity index (χ1v) is 29.3. The van der Waals surface area contributed by atoms with Gasteiger partial charge in [-0.25, -0.2) is 5.43 Å². The van der Waals surface area contributed by atoms with E-state index in [9.17, 15) is 24.3 Å². The van der Waals surface area contributed by atoms with Crippen molar-refractivity contribution >= 4 is 37.9 Å². The zero-order valence-electron chi connectivity index (χ0n) is 55.0. The van der Waals surface area contributed by atoms with Gasteiger partial charge < -0.3 is 40.7 Å². The second kappa shape index (κ2) is 57.5. The van der Waals surface area contributed by atoms with Crippen molar-refractivity contribution in [1.29, 1.82) is 0 Å². The van der Waals surface area contributed by atoms with Crippen LogP contribution < -0.4 is 27.2 Å². The summed E-state index contributed by atoms with van der Waals surface area (Å²) in [6.45, 7) is 43.1. The van der Waals surface area contributed by atoms with Gasteiger partial charge in [-0.15, -0.1) is 13.2 Å². The highest BCUT2D eigenvalue weighted by atomic mass is 16.5. The molecule has 0 aliphatic carbocycles. The predicted molar refractivity (Wildman–Crippen MR) is 353 cm³/mol. The number of hydrazine groups is 1. The zero-order valence-corrected chi connectivity index (χ0v) is 55.0. The SMILES string of the molecule is C=C.C=N/C=C/C=C/CN(C)C.CC.CC.CC.CC(C)C(C=O)N(C)C.CCC=O.CCc1ccccc1C1C(CC(C)(C)COC=O)c2cc(-c3cc(O)cc(CC(C)CCC[C@@H](C)NNC=O)c3)ccc2N1CC.CN.CN. The molecule has 81 heavy (non-hydrogen) atoms. The second-order valence-electron chi connectivity index (χ2n) is 19.5. The molecule has 3 aromatic carbocycles. The van der Waals surface area contributed by atoms with Gasteiger partial charge in [-0.2, -0.15) is 0 Å². The molecule has 464 valence electrons. The highest BCUT2D eigenvalue weighted by Gasteiger charge is 2.42. The number of aliphatic imine (C=N–C) groups is 1. The molecule has 14 heteroatoms. The number of aryl methyl sites for hydroxylation is 1. The van der Waals surface area contributed by atoms with Crippen LogP contribution in [0.1, 0.15) is 170 Å². The third-order valence-electron chi connectivity index (χ3n) is 12.0. The Hall–Kier alpha value is -5.77. The van der Waals surface area contributed by atoms with E-state index in [1.54, 1.807) is 6.20 Å². The molecule has 1 amide bonds. The van der Waals surface area contributed by atoms with Crippen LogP contribution in [0.25, 0.3) is 11.1 Å². The smallest absolute Gasteiger partial charge is 0.293 e. The average molecular weight is 1130 g/mol. The number of fused-ring (bicyclic) bond motifs is 1. The zero-order chi connectivity index (χ0) is 63.9. The van der Waals surface area contributed by atoms with Gasteiger partial charge in [0.25, 0.3) is 6.47 Å². The molecule has 0 radical (unpaired) electrons. The molecule has 1 aliphatic heterocycles. The summed E-state index contributed by atoms with van der Waals surface area (Å²) in [6.07, 6.45) is 16.5. The summed E-state index contributed by atoms with van der Waals surface area (Å²) in [7, 11) is 10.9. The number of benzene rings is 3. The number of aromatic hydroxyl groups is 1. The molecule has 1 heterocycles. The molecule has 1 aliphatic rings. The van der Waals surface area contributed by atoms with Crippen molar-refractivity contribution in [2.45, 2.75) is 173 Å². The van der Waals surface area contributed by atoms with E-state index in [1.807, 2.05) is 120 Å². The van der Waals surface area contributed by atoms with E-state index in [0.717, 1.165) is 80.9 Å². The number of likely N-dealkylation sites (N-methyl/N-ethyl adjacent to an activating group) is 3. The molecule has 0 aromatic heterocycles. The van der Waals surface area contributed by atoms with Gasteiger partial charge in [0.05, 0.1) is 18.7 Å². The van der Waals surface area contributed by atoms with Crippen LogP contribution in [-0.2, 0) is 36.8 Å². The molecule has 4 unspecified atom stereocenters. The molecule has 0 saturated heterocycles. The molecule has 3 aromatic rings. The molecule has 5 atom stereocenters. The van der Waals surface area contributed by atoms with Crippen molar-refractivity contribution in [3.05, 3.63) is 121 Å². The van der Waals surface area contributed by atoms with Crippen molar-refractivity contribution in [3.63, 3.8) is 0 Å². The molecule has 7 N–H and O–H groups in total. The van der Waals surface area contributed by atoms with Crippen LogP contribution in [-0.4, -0.2) is 121 Å². The van der Waals surface area contributed by atoms with E-state index in [1.165, 1.54) is 36.5 Å². The summed E-state index contributed by atoms with van der Waals surface area (Å²) < 4.78 is 5.30. The third-order valence-corrected chi connectivity index (χ3v) is 12.0. The van der Waals surface area contributed by atoms with Crippen LogP contribution in [0.2, 0.25) is 0 Å². The van der Waals surface area contributed by atoms with Crippen molar-refractivity contribution in [2.24, 2.45) is 33.7 Å². The summed E-state index contributed by atoms with van der Waals surface area (Å²) in [5.41, 5.74) is 22.8. The maximum Gasteiger partial charge on any atom is 0.293 e. The van der Waals surface area contributed by atoms with Crippen molar-refractivity contribution in [2.75, 3.05) is 66.9 Å². The Labute approximate surface area is 496 Å². The monoisotopic (exact) mass is 1130 g/mol. The number of phenols is 1. The number of ether oxygens (including phenoxy) is 1. The first-order valence-electron chi connectivity index (χ1n) is 29.3. The van der Waals surface area contributed by atoms with Crippen molar-refractivity contribution in [1.82, 2.24) is 20.7 Å². The molecule has 4 rings (SSSR count). The standard InChI is InChI=1S/C39H53N3O4.C8H14N2.C7H15NO.C3H6O.3C2H6.C2H4.2CH5N/c1-7-30-14-9-10-15-34(30)38-36(23-39(5,6)24-46-26-44)35-22-31(16-17-37(35)42(38)8-2)32-19-29(20-33(45)21-32)18-27(3)12-11-13-28(4)41-40-25-43;1-9-7-5-4-6-8-10(2)3;1-6(2)7(5-9)8(3)4;1-2-3-4;6*1-2/h9-10,14-17,19-22,25-28,36,38,41,45H,7-8,11-13,18,23-24H2,1-6H3,(H,40,43);4-7H,1,8H2,2-3H3;5-7H,1-4H3;3H,2H2,1H3;3*1-2H3;1-2H2;2*2H2,1H3/b;6-4+,7-5+;;;;;;;;/t27?,28-,36?,38?;;;;;;;;;/m1........./s1. The van der Waals surface area contributed by atoms with Crippen LogP contribution in [0, 0.1) is 17.3 Å². The molecule has 0 fully saturated rings. The molecule has 0 spiro atoms. The number of allylic oxidation sites excluding steroid dienone is 2. The lowest BCUT2D eigenvalue weighted by atomic mass is 9.76. The van der Waals surface area contributed by atoms with Gasteiger partial charge in [0.2, 0.25) is 6.41 Å². The maximum absolute atomic E-state index is 11.1. The molecular weight excluding hydrogens is 1010 g/mol. The summed E-state index contributed by atoms with van der Waals surface area (Å²) in [4.78, 5) is 51.3. The lowest BCUT2D eigenvalue weighted by Crippen LogP contribution is -2.37. The Morgan fingerprint density at radius 2 is 1.41 bits per heavy atom. The van der Waals surface area contributed by atoms with Crippen LogP contribution in [0.15, 0.2) is 103 Å². The van der Waals surface area contributed by atoms with E-state index >= 15 is 0 Å². The van der Waals surface area contributed by atoms with Gasteiger partial charge in [-0.1, -0.05) is 151 Å². The number of hydrogen-bond donors (Lipinski definition) is 5. The number of aldehydes is 2. The van der Waals surface area contributed by atoms with Gasteiger partial charge in [0.1, 0.15) is 18.3 Å². The molecule has 0 bridgehead atoms. The van der Waals surface area contributed by atoms with E-state index < -0.39 is 0 Å². The first-order chi connectivity index (χ1) is 38.9. The Kier molecular flexibility index (Phi) is 61.4. The topological polar surface area (TPSA) is 196 Å². The number of nitrogens with two attached hydrogens (primary N) is 2. The number of nitrogens with zero attached hydrogens (tertiary/aromatic N) is 4. The van der Waals surface area contributed by atoms with Crippen LogP contribution >= 0.6 is 0 Å². The van der Waals surface area contributed by atoms with Crippen molar-refractivity contribution in [3.8, 4) is 16.9 Å². The van der Waals surface area contributed by atoms with Crippen molar-refractivity contribution < 1.29 is 29.0 Å². The second-order valence-corrected chi connectivity index (χ2v) is 19.5. The maximum atomic E-state index is 11.1. The van der Waals surface area contributed by atoms with E-state index in [0.29, 0.717) is 37.7 Å². The van der Waals surface area contributed by atoms with Gasteiger partial charge in [0, 0.05) is 43.4 Å². The quantitative estimate of drug-likeness (QED) is 0.0168. The number of hydrogen-bond acceptors (Lipinski definition) is 13. The number of carbonyl (C=O) groups is 4. The van der Waals surface area contributed by atoms with E-state index in [4.69, 9.17) is 4.74 Å². The molecule has 14 nitrogen and oxygen atoms in total. The minimum atomic E-state index is -0.213. The highest BCUT2D eigenvalue weighted by Crippen LogP contribution is 2.54. The van der Waals surface area contributed by atoms with Crippen LogP contribution in [0.3, 0.4) is 0 Å². The Morgan fingerprint density at radius 3 is 1.88 bits per heavy atom. The Morgan fingerprint density at radius 1 is 0.815 bits per heavy atom. The molecule has 0 saturated carbocycles. The number of anilines is 1. The fraction of sp³-hybridized carbons (Fsp3) is 0.567. The summed E-state index contributed by atoms with van der Waals surface area (Å²) in [6, 6.07) is 22.0. The Balaban J connectivity index is -0.000000329. The number of carbonyl (C=O) groups excluding carboxylic acids is 4. The lowest BCUT2D eigenvalue weighted by molar-refractivity contribution is -0.131. The van der Waals surface area contributed by atoms with Gasteiger partial charge >= 0.3 is 0 Å². The lowest BCUT2D eigenvalue weighted by Gasteiger charge is -2.35. The predicted octanol–water partition coefficient (Wildman–Crippen LogP) is 13.6.